The van der Waals surface area contributed by atoms with Crippen molar-refractivity contribution < 1.29 is 22.8 Å². The molecule has 2 heterocycles. The molecule has 11 heteroatoms. The van der Waals surface area contributed by atoms with Gasteiger partial charge in [-0.1, -0.05) is 25.1 Å². The van der Waals surface area contributed by atoms with Gasteiger partial charge in [0.2, 0.25) is 5.91 Å². The number of nitrogens with zero attached hydrogens (tertiary/aromatic N) is 2. The number of amides is 2. The molecule has 0 aliphatic carbocycles. The van der Waals surface area contributed by atoms with Crippen molar-refractivity contribution >= 4 is 24.2 Å². The van der Waals surface area contributed by atoms with Crippen molar-refractivity contribution in [3.63, 3.8) is 0 Å². The van der Waals surface area contributed by atoms with Gasteiger partial charge in [0.1, 0.15) is 0 Å². The van der Waals surface area contributed by atoms with Gasteiger partial charge in [0.15, 0.2) is 5.69 Å². The number of hydrogen-bond acceptors (Lipinski definition) is 4. The van der Waals surface area contributed by atoms with Gasteiger partial charge in [-0.25, -0.2) is 4.68 Å². The van der Waals surface area contributed by atoms with Crippen LogP contribution < -0.4 is 16.0 Å². The predicted octanol–water partition coefficient (Wildman–Crippen LogP) is 2.55. The first kappa shape index (κ1) is 24.7. The van der Waals surface area contributed by atoms with Gasteiger partial charge in [0.25, 0.3) is 5.91 Å². The van der Waals surface area contributed by atoms with E-state index in [9.17, 15) is 22.8 Å². The molecular weight excluding hydrogens is 435 g/mol. The Bertz CT molecular complexity index is 896. The Morgan fingerprint density at radius 3 is 2.35 bits per heavy atom. The first-order chi connectivity index (χ1) is 14.2. The maximum absolute atomic E-state index is 13.4. The van der Waals surface area contributed by atoms with Crippen molar-refractivity contribution in [2.75, 3.05) is 26.2 Å². The molecule has 1 saturated heterocycles. The van der Waals surface area contributed by atoms with Gasteiger partial charge in [0, 0.05) is 24.7 Å². The van der Waals surface area contributed by atoms with Gasteiger partial charge in [-0.3, -0.25) is 9.59 Å². The summed E-state index contributed by atoms with van der Waals surface area (Å²) in [6, 6.07) is 8.23. The van der Waals surface area contributed by atoms with Crippen molar-refractivity contribution in [1.29, 1.82) is 0 Å². The Morgan fingerprint density at radius 2 is 1.74 bits per heavy atom. The highest BCUT2D eigenvalue weighted by molar-refractivity contribution is 5.95. The van der Waals surface area contributed by atoms with Crippen LogP contribution in [0.2, 0.25) is 0 Å². The van der Waals surface area contributed by atoms with Gasteiger partial charge < -0.3 is 16.0 Å². The fraction of sp³-hybridized carbons (Fsp3) is 0.450. The molecule has 0 atom stereocenters. The van der Waals surface area contributed by atoms with Gasteiger partial charge in [-0.05, 0) is 38.1 Å². The third kappa shape index (κ3) is 5.98. The number of nitrogens with one attached hydrogen (secondary N) is 3. The Labute approximate surface area is 184 Å². The number of hydrogen-bond donors (Lipinski definition) is 3. The molecule has 1 fully saturated rings. The molecular formula is C20H25ClF3N5O2. The van der Waals surface area contributed by atoms with Crippen LogP contribution in [-0.2, 0) is 11.0 Å². The molecule has 0 spiro atoms. The number of piperidine rings is 1. The molecule has 0 unspecified atom stereocenters. The molecule has 31 heavy (non-hydrogen) atoms. The molecule has 0 radical (unpaired) electrons. The van der Waals surface area contributed by atoms with Crippen LogP contribution in [0.5, 0.6) is 0 Å². The lowest BCUT2D eigenvalue weighted by molar-refractivity contribution is -0.141. The molecule has 1 aromatic heterocycles. The van der Waals surface area contributed by atoms with Gasteiger partial charge >= 0.3 is 6.18 Å². The van der Waals surface area contributed by atoms with Crippen molar-refractivity contribution in [2.45, 2.75) is 25.9 Å². The number of para-hydroxylation sites is 1. The summed E-state index contributed by atoms with van der Waals surface area (Å²) in [5, 5.41) is 11.9. The molecule has 2 amide bonds. The SMILES string of the molecule is CC1(C(=O)NCCNC(=O)c2cn(-c3ccccc3)nc2C(F)(F)F)CCNCC1.Cl. The van der Waals surface area contributed by atoms with E-state index >= 15 is 0 Å². The van der Waals surface area contributed by atoms with Crippen molar-refractivity contribution in [3.05, 3.63) is 47.8 Å². The molecule has 7 nitrogen and oxygen atoms in total. The maximum Gasteiger partial charge on any atom is 0.435 e. The van der Waals surface area contributed by atoms with E-state index in [1.54, 1.807) is 30.3 Å². The zero-order chi connectivity index (χ0) is 21.8. The number of benzene rings is 1. The number of aromatic nitrogens is 2. The number of rotatable bonds is 6. The van der Waals surface area contributed by atoms with Crippen LogP contribution >= 0.6 is 12.4 Å². The highest BCUT2D eigenvalue weighted by Gasteiger charge is 2.39. The van der Waals surface area contributed by atoms with Crippen LogP contribution in [0.3, 0.4) is 0 Å². The molecule has 1 aliphatic heterocycles. The second kappa shape index (κ2) is 10.1. The van der Waals surface area contributed by atoms with E-state index in [1.165, 1.54) is 0 Å². The van der Waals surface area contributed by atoms with E-state index in [1.807, 2.05) is 6.92 Å². The van der Waals surface area contributed by atoms with E-state index in [0.717, 1.165) is 24.0 Å². The summed E-state index contributed by atoms with van der Waals surface area (Å²) in [5.74, 6) is -1.02. The van der Waals surface area contributed by atoms with Crippen molar-refractivity contribution in [3.8, 4) is 5.69 Å². The summed E-state index contributed by atoms with van der Waals surface area (Å²) in [7, 11) is 0. The quantitative estimate of drug-likeness (QED) is 0.579. The minimum absolute atomic E-state index is 0. The summed E-state index contributed by atoms with van der Waals surface area (Å²) >= 11 is 0. The predicted molar refractivity (Wildman–Crippen MR) is 111 cm³/mol. The van der Waals surface area contributed by atoms with Crippen molar-refractivity contribution in [1.82, 2.24) is 25.7 Å². The fourth-order valence-corrected chi connectivity index (χ4v) is 3.33. The fourth-order valence-electron chi connectivity index (χ4n) is 3.33. The summed E-state index contributed by atoms with van der Waals surface area (Å²) in [6.45, 7) is 3.53. The average Bonchev–Trinajstić information content (AvgIpc) is 3.18. The normalized spacial score (nSPS) is 15.6. The van der Waals surface area contributed by atoms with Crippen LogP contribution in [0.1, 0.15) is 35.8 Å². The number of carbonyl (C=O) groups is 2. The Balaban J connectivity index is 0.00000341. The molecule has 0 saturated carbocycles. The molecule has 1 aliphatic rings. The molecule has 3 N–H and O–H groups in total. The van der Waals surface area contributed by atoms with E-state index < -0.39 is 28.8 Å². The Kier molecular flexibility index (Phi) is 8.08. The van der Waals surface area contributed by atoms with Crippen LogP contribution in [0.15, 0.2) is 36.5 Å². The van der Waals surface area contributed by atoms with Crippen LogP contribution in [0.25, 0.3) is 5.69 Å². The van der Waals surface area contributed by atoms with Crippen LogP contribution in [-0.4, -0.2) is 47.8 Å². The Morgan fingerprint density at radius 1 is 1.13 bits per heavy atom. The second-order valence-corrected chi connectivity index (χ2v) is 7.49. The van der Waals surface area contributed by atoms with E-state index in [-0.39, 0.29) is 31.4 Å². The minimum atomic E-state index is -4.77. The second-order valence-electron chi connectivity index (χ2n) is 7.49. The molecule has 0 bridgehead atoms. The number of alkyl halides is 3. The molecule has 2 aromatic rings. The third-order valence-corrected chi connectivity index (χ3v) is 5.20. The molecule has 1 aromatic carbocycles. The monoisotopic (exact) mass is 459 g/mol. The summed E-state index contributed by atoms with van der Waals surface area (Å²) in [5.41, 5.74) is -1.89. The summed E-state index contributed by atoms with van der Waals surface area (Å²) in [4.78, 5) is 24.7. The topological polar surface area (TPSA) is 88.1 Å². The zero-order valence-corrected chi connectivity index (χ0v) is 17.8. The standard InChI is InChI=1S/C20H24F3N5O2.ClH/c1-19(7-9-24-10-8-19)18(30)26-12-11-25-17(29)15-13-28(14-5-3-2-4-6-14)27-16(15)20(21,22)23;/h2-6,13,24H,7-12H2,1H3,(H,25,29)(H,26,30);1H. The largest absolute Gasteiger partial charge is 0.435 e. The van der Waals surface area contributed by atoms with E-state index in [4.69, 9.17) is 0 Å². The zero-order valence-electron chi connectivity index (χ0n) is 17.0. The summed E-state index contributed by atoms with van der Waals surface area (Å²) < 4.78 is 41.1. The van der Waals surface area contributed by atoms with E-state index in [0.29, 0.717) is 18.5 Å². The van der Waals surface area contributed by atoms with Gasteiger partial charge in [-0.2, -0.15) is 18.3 Å². The first-order valence-corrected chi connectivity index (χ1v) is 9.70. The third-order valence-electron chi connectivity index (χ3n) is 5.20. The summed E-state index contributed by atoms with van der Waals surface area (Å²) in [6.07, 6.45) is -2.30. The maximum atomic E-state index is 13.4. The minimum Gasteiger partial charge on any atom is -0.354 e. The lowest BCUT2D eigenvalue weighted by atomic mass is 9.80. The lowest BCUT2D eigenvalue weighted by Gasteiger charge is -2.32. The molecule has 3 rings (SSSR count). The Hall–Kier alpha value is -2.59. The van der Waals surface area contributed by atoms with E-state index in [2.05, 4.69) is 21.0 Å². The van der Waals surface area contributed by atoms with Crippen molar-refractivity contribution in [2.24, 2.45) is 5.41 Å². The van der Waals surface area contributed by atoms with Gasteiger partial charge in [0.05, 0.1) is 11.3 Å². The van der Waals surface area contributed by atoms with Crippen LogP contribution in [0, 0.1) is 5.41 Å². The first-order valence-electron chi connectivity index (χ1n) is 9.70. The smallest absolute Gasteiger partial charge is 0.354 e. The van der Waals surface area contributed by atoms with Crippen LogP contribution in [0.4, 0.5) is 13.2 Å². The highest BCUT2D eigenvalue weighted by atomic mass is 35.5. The van der Waals surface area contributed by atoms with Gasteiger partial charge in [-0.15, -0.1) is 12.4 Å². The number of carbonyl (C=O) groups excluding carboxylic acids is 2. The molecule has 170 valence electrons. The number of halogens is 4. The lowest BCUT2D eigenvalue weighted by Crippen LogP contribution is -2.47. The average molecular weight is 460 g/mol. The highest BCUT2D eigenvalue weighted by Crippen LogP contribution is 2.31.